The molecule has 0 radical (unpaired) electrons. The summed E-state index contributed by atoms with van der Waals surface area (Å²) in [4.78, 5) is 41.5. The van der Waals surface area contributed by atoms with E-state index in [0.29, 0.717) is 36.3 Å². The SMILES string of the molecule is CCCCc1c(Cc2ccc(-c3ccccc3-c3nn[nH]n3)cc2)c(=O)n2n1C1CCC2(C(=O)Nc2ccccc2C(=O)OCC)CC1. The van der Waals surface area contributed by atoms with Gasteiger partial charge in [-0.05, 0) is 79.5 Å². The first-order valence-corrected chi connectivity index (χ1v) is 16.8. The maximum atomic E-state index is 14.5. The van der Waals surface area contributed by atoms with Gasteiger partial charge in [0, 0.05) is 23.2 Å². The Kier molecular flexibility index (Phi) is 8.51. The highest BCUT2D eigenvalue weighted by Gasteiger charge is 2.52. The third kappa shape index (κ3) is 5.42. The van der Waals surface area contributed by atoms with Crippen molar-refractivity contribution in [2.24, 2.45) is 0 Å². The van der Waals surface area contributed by atoms with E-state index < -0.39 is 11.5 Å². The molecule has 1 amide bonds. The Bertz CT molecular complexity index is 2000. The molecule has 11 heteroatoms. The number of para-hydroxylation sites is 1. The molecule has 8 rings (SSSR count). The number of tetrazole rings is 1. The second-order valence-corrected chi connectivity index (χ2v) is 12.6. The highest BCUT2D eigenvalue weighted by Crippen LogP contribution is 2.47. The molecule has 2 aromatic heterocycles. The van der Waals surface area contributed by atoms with Gasteiger partial charge >= 0.3 is 5.97 Å². The Morgan fingerprint density at radius 3 is 2.42 bits per heavy atom. The maximum Gasteiger partial charge on any atom is 0.340 e. The number of H-pyrrole nitrogens is 1. The number of unbranched alkanes of at least 4 members (excludes halogenated alkanes) is 1. The lowest BCUT2D eigenvalue weighted by Gasteiger charge is -2.48. The fourth-order valence-electron chi connectivity index (χ4n) is 7.47. The molecule has 3 aliphatic rings. The summed E-state index contributed by atoms with van der Waals surface area (Å²) in [6.07, 6.45) is 5.93. The second-order valence-electron chi connectivity index (χ2n) is 12.6. The van der Waals surface area contributed by atoms with Crippen LogP contribution in [0.1, 0.15) is 85.6 Å². The van der Waals surface area contributed by atoms with Crippen LogP contribution in [0, 0.1) is 0 Å². The number of benzene rings is 3. The molecular weight excluding hydrogens is 606 g/mol. The van der Waals surface area contributed by atoms with Crippen LogP contribution in [0.2, 0.25) is 0 Å². The molecule has 1 aliphatic carbocycles. The highest BCUT2D eigenvalue weighted by atomic mass is 16.5. The molecule has 1 saturated carbocycles. The van der Waals surface area contributed by atoms with Crippen LogP contribution in [0.3, 0.4) is 0 Å². The predicted octanol–water partition coefficient (Wildman–Crippen LogP) is 6.07. The van der Waals surface area contributed by atoms with E-state index in [1.54, 1.807) is 35.9 Å². The van der Waals surface area contributed by atoms with Crippen LogP contribution < -0.4 is 10.9 Å². The van der Waals surface area contributed by atoms with Crippen molar-refractivity contribution in [3.63, 3.8) is 0 Å². The Morgan fingerprint density at radius 1 is 0.979 bits per heavy atom. The fourth-order valence-corrected chi connectivity index (χ4v) is 7.47. The quantitative estimate of drug-likeness (QED) is 0.166. The number of aromatic amines is 1. The van der Waals surface area contributed by atoms with Crippen LogP contribution in [0.25, 0.3) is 22.5 Å². The van der Waals surface area contributed by atoms with Crippen molar-refractivity contribution in [2.75, 3.05) is 11.9 Å². The monoisotopic (exact) mass is 645 g/mol. The van der Waals surface area contributed by atoms with Gasteiger partial charge < -0.3 is 10.1 Å². The summed E-state index contributed by atoms with van der Waals surface area (Å²) in [7, 11) is 0. The molecule has 2 N–H and O–H groups in total. The van der Waals surface area contributed by atoms with E-state index >= 15 is 0 Å². The Morgan fingerprint density at radius 2 is 1.71 bits per heavy atom. The fraction of sp³-hybridized carbons (Fsp3) is 0.351. The maximum absolute atomic E-state index is 14.5. The first kappa shape index (κ1) is 31.3. The molecule has 2 aliphatic heterocycles. The summed E-state index contributed by atoms with van der Waals surface area (Å²) in [5, 5.41) is 17.6. The van der Waals surface area contributed by atoms with Crippen molar-refractivity contribution < 1.29 is 14.3 Å². The van der Waals surface area contributed by atoms with Crippen LogP contribution in [0.5, 0.6) is 0 Å². The molecule has 5 aromatic rings. The molecule has 0 unspecified atom stereocenters. The molecule has 0 spiro atoms. The Labute approximate surface area is 278 Å². The average molecular weight is 646 g/mol. The number of fused-ring (bicyclic) bond motifs is 2. The molecule has 48 heavy (non-hydrogen) atoms. The van der Waals surface area contributed by atoms with Gasteiger partial charge in [0.2, 0.25) is 5.82 Å². The Hall–Kier alpha value is -5.32. The summed E-state index contributed by atoms with van der Waals surface area (Å²) >= 11 is 0. The van der Waals surface area contributed by atoms with E-state index in [1.165, 1.54) is 0 Å². The molecule has 246 valence electrons. The topological polar surface area (TPSA) is 137 Å². The van der Waals surface area contributed by atoms with E-state index in [-0.39, 0.29) is 24.1 Å². The summed E-state index contributed by atoms with van der Waals surface area (Å²) in [5.41, 5.74) is 5.21. The van der Waals surface area contributed by atoms with Crippen molar-refractivity contribution >= 4 is 17.6 Å². The lowest BCUT2D eigenvalue weighted by molar-refractivity contribution is -0.131. The number of ether oxygens (including phenoxy) is 1. The van der Waals surface area contributed by atoms with Gasteiger partial charge in [-0.25, -0.2) is 9.48 Å². The van der Waals surface area contributed by atoms with Crippen LogP contribution in [-0.2, 0) is 27.9 Å². The Balaban J connectivity index is 1.24. The number of nitrogens with one attached hydrogen (secondary N) is 2. The third-order valence-corrected chi connectivity index (χ3v) is 9.84. The second kappa shape index (κ2) is 13.1. The van der Waals surface area contributed by atoms with Crippen molar-refractivity contribution in [1.29, 1.82) is 0 Å². The number of nitrogens with zero attached hydrogens (tertiary/aromatic N) is 5. The smallest absolute Gasteiger partial charge is 0.340 e. The van der Waals surface area contributed by atoms with Crippen LogP contribution in [-0.4, -0.2) is 48.5 Å². The molecule has 1 fully saturated rings. The summed E-state index contributed by atoms with van der Waals surface area (Å²) in [6, 6.07) is 23.2. The molecule has 3 aromatic carbocycles. The minimum atomic E-state index is -1.05. The number of hydrogen-bond acceptors (Lipinski definition) is 7. The zero-order valence-corrected chi connectivity index (χ0v) is 27.2. The van der Waals surface area contributed by atoms with Gasteiger partial charge in [-0.15, -0.1) is 10.2 Å². The highest BCUT2D eigenvalue weighted by molar-refractivity contribution is 6.03. The number of aromatic nitrogens is 6. The van der Waals surface area contributed by atoms with Crippen molar-refractivity contribution in [3.8, 4) is 22.5 Å². The summed E-state index contributed by atoms with van der Waals surface area (Å²) in [6.45, 7) is 4.13. The minimum absolute atomic E-state index is 0.106. The molecular formula is C37H39N7O4. The summed E-state index contributed by atoms with van der Waals surface area (Å²) < 4.78 is 9.17. The van der Waals surface area contributed by atoms with E-state index in [0.717, 1.165) is 65.6 Å². The number of amides is 1. The third-order valence-electron chi connectivity index (χ3n) is 9.84. The van der Waals surface area contributed by atoms with Gasteiger partial charge in [-0.3, -0.25) is 14.3 Å². The molecule has 0 saturated heterocycles. The van der Waals surface area contributed by atoms with Gasteiger partial charge in [0.05, 0.1) is 23.9 Å². The molecule has 4 heterocycles. The predicted molar refractivity (Wildman–Crippen MR) is 182 cm³/mol. The standard InChI is InChI=1S/C37H39N7O4/c1-3-5-14-32-30(23-24-15-17-25(18-16-24)27-10-6-7-11-28(27)33-39-41-42-40-33)34(45)44-37(21-19-26(20-22-37)43(32)44)36(47)38-31-13-9-8-12-29(31)35(46)48-4-2/h6-13,15-18,26H,3-5,14,19-23H2,1-2H3,(H,38,47)(H,39,40,41,42). The number of esters is 1. The van der Waals surface area contributed by atoms with E-state index in [4.69, 9.17) is 4.74 Å². The largest absolute Gasteiger partial charge is 0.462 e. The lowest BCUT2D eigenvalue weighted by atomic mass is 9.76. The zero-order chi connectivity index (χ0) is 33.3. The van der Waals surface area contributed by atoms with E-state index in [2.05, 4.69) is 61.8 Å². The number of rotatable bonds is 11. The van der Waals surface area contributed by atoms with Crippen molar-refractivity contribution in [1.82, 2.24) is 30.0 Å². The van der Waals surface area contributed by atoms with Gasteiger partial charge in [0.15, 0.2) is 0 Å². The zero-order valence-electron chi connectivity index (χ0n) is 27.2. The number of anilines is 1. The van der Waals surface area contributed by atoms with Crippen LogP contribution in [0.15, 0.2) is 77.6 Å². The van der Waals surface area contributed by atoms with E-state index in [1.807, 2.05) is 24.3 Å². The van der Waals surface area contributed by atoms with Gasteiger partial charge in [0.1, 0.15) is 5.54 Å². The first-order valence-electron chi connectivity index (χ1n) is 16.8. The lowest BCUT2D eigenvalue weighted by Crippen LogP contribution is -2.58. The normalized spacial score (nSPS) is 18.0. The van der Waals surface area contributed by atoms with Crippen LogP contribution in [0.4, 0.5) is 5.69 Å². The molecule has 11 nitrogen and oxygen atoms in total. The molecule has 2 bridgehead atoms. The molecule has 0 atom stereocenters. The minimum Gasteiger partial charge on any atom is -0.462 e. The first-order chi connectivity index (χ1) is 23.4. The van der Waals surface area contributed by atoms with Gasteiger partial charge in [-0.2, -0.15) is 5.21 Å². The van der Waals surface area contributed by atoms with Crippen LogP contribution >= 0.6 is 0 Å². The number of carbonyl (C=O) groups excluding carboxylic acids is 2. The van der Waals surface area contributed by atoms with Gasteiger partial charge in [0.25, 0.3) is 11.5 Å². The average Bonchev–Trinajstić information content (AvgIpc) is 3.76. The van der Waals surface area contributed by atoms with Gasteiger partial charge in [-0.1, -0.05) is 74.0 Å². The van der Waals surface area contributed by atoms with Crippen molar-refractivity contribution in [2.45, 2.75) is 76.8 Å². The number of carbonyl (C=O) groups is 2. The number of hydrogen-bond donors (Lipinski definition) is 2. The van der Waals surface area contributed by atoms with E-state index in [9.17, 15) is 14.4 Å². The summed E-state index contributed by atoms with van der Waals surface area (Å²) in [5.74, 6) is -0.233. The van der Waals surface area contributed by atoms with Crippen molar-refractivity contribution in [3.05, 3.63) is 106 Å².